The molecule has 10 heteroatoms. The summed E-state index contributed by atoms with van der Waals surface area (Å²) in [5, 5.41) is 16.0. The maximum atomic E-state index is 13.0. The van der Waals surface area contributed by atoms with Gasteiger partial charge in [-0.25, -0.2) is 0 Å². The molecule has 36 heavy (non-hydrogen) atoms. The van der Waals surface area contributed by atoms with Crippen LogP contribution in [0.1, 0.15) is 30.9 Å². The van der Waals surface area contributed by atoms with Gasteiger partial charge in [0.05, 0.1) is 41.2 Å². The molecule has 2 aromatic rings. The van der Waals surface area contributed by atoms with Crippen LogP contribution in [0.15, 0.2) is 53.1 Å². The molecule has 0 unspecified atom stereocenters. The highest BCUT2D eigenvalue weighted by atomic mass is 35.5. The van der Waals surface area contributed by atoms with Gasteiger partial charge in [-0.1, -0.05) is 54.6 Å². The quantitative estimate of drug-likeness (QED) is 0.366. The molecule has 1 aliphatic heterocycles. The number of hydrogen-bond donors (Lipinski definition) is 2. The van der Waals surface area contributed by atoms with E-state index in [1.807, 2.05) is 38.1 Å². The molecule has 0 aliphatic carbocycles. The van der Waals surface area contributed by atoms with Gasteiger partial charge in [0.25, 0.3) is 0 Å². The average molecular weight is 528 g/mol. The number of amides is 2. The number of nitriles is 1. The van der Waals surface area contributed by atoms with Gasteiger partial charge in [0.2, 0.25) is 11.8 Å². The number of thioether (sulfide) groups is 1. The second-order valence-corrected chi connectivity index (χ2v) is 9.19. The van der Waals surface area contributed by atoms with Crippen molar-refractivity contribution in [2.45, 2.75) is 26.2 Å². The number of anilines is 1. The number of para-hydroxylation sites is 1. The molecule has 0 radical (unpaired) electrons. The van der Waals surface area contributed by atoms with Crippen LogP contribution in [0, 0.1) is 17.2 Å². The number of nitrogens with zero attached hydrogens (tertiary/aromatic N) is 1. The molecule has 2 aromatic carbocycles. The fraction of sp³-hybridized carbons (Fsp3) is 0.308. The monoisotopic (exact) mass is 527 g/mol. The van der Waals surface area contributed by atoms with Crippen LogP contribution in [0.3, 0.4) is 0 Å². The molecule has 0 saturated carbocycles. The predicted octanol–water partition coefficient (Wildman–Crippen LogP) is 4.41. The van der Waals surface area contributed by atoms with Gasteiger partial charge < -0.3 is 20.1 Å². The second kappa shape index (κ2) is 12.5. The average Bonchev–Trinajstić information content (AvgIpc) is 2.88. The number of benzene rings is 2. The summed E-state index contributed by atoms with van der Waals surface area (Å²) in [5.74, 6) is -3.57. The number of esters is 1. The van der Waals surface area contributed by atoms with Gasteiger partial charge in [0.15, 0.2) is 0 Å². The lowest BCUT2D eigenvalue weighted by molar-refractivity contribution is -0.150. The molecule has 0 saturated heterocycles. The van der Waals surface area contributed by atoms with Gasteiger partial charge in [-0.15, -0.1) is 0 Å². The number of carbonyl (C=O) groups is 3. The summed E-state index contributed by atoms with van der Waals surface area (Å²) < 4.78 is 10.3. The van der Waals surface area contributed by atoms with E-state index in [1.54, 1.807) is 18.2 Å². The first-order chi connectivity index (χ1) is 17.3. The van der Waals surface area contributed by atoms with Crippen molar-refractivity contribution in [2.24, 2.45) is 5.92 Å². The Kier molecular flexibility index (Phi) is 9.39. The van der Waals surface area contributed by atoms with Gasteiger partial charge >= 0.3 is 5.97 Å². The number of aryl methyl sites for hydroxylation is 1. The van der Waals surface area contributed by atoms with Crippen LogP contribution in [0.2, 0.25) is 5.02 Å². The van der Waals surface area contributed by atoms with Gasteiger partial charge in [-0.05, 0) is 42.7 Å². The molecule has 3 rings (SSSR count). The van der Waals surface area contributed by atoms with E-state index in [4.69, 9.17) is 21.1 Å². The minimum Gasteiger partial charge on any atom is -0.492 e. The van der Waals surface area contributed by atoms with Crippen LogP contribution in [0.25, 0.3) is 0 Å². The lowest BCUT2D eigenvalue weighted by Crippen LogP contribution is -2.44. The Morgan fingerprint density at radius 2 is 1.97 bits per heavy atom. The van der Waals surface area contributed by atoms with E-state index in [2.05, 4.69) is 16.7 Å². The van der Waals surface area contributed by atoms with Crippen molar-refractivity contribution in [2.75, 3.05) is 24.8 Å². The predicted molar refractivity (Wildman–Crippen MR) is 139 cm³/mol. The number of rotatable bonds is 9. The third-order valence-corrected chi connectivity index (χ3v) is 6.93. The fourth-order valence-electron chi connectivity index (χ4n) is 3.94. The third kappa shape index (κ3) is 6.01. The number of halogens is 1. The van der Waals surface area contributed by atoms with Gasteiger partial charge in [-0.3, -0.25) is 14.4 Å². The van der Waals surface area contributed by atoms with Crippen molar-refractivity contribution in [1.82, 2.24) is 5.32 Å². The largest absolute Gasteiger partial charge is 0.492 e. The first-order valence-electron chi connectivity index (χ1n) is 11.3. The van der Waals surface area contributed by atoms with Gasteiger partial charge in [0.1, 0.15) is 11.7 Å². The van der Waals surface area contributed by atoms with Crippen molar-refractivity contribution >= 4 is 46.8 Å². The van der Waals surface area contributed by atoms with Crippen LogP contribution in [0.4, 0.5) is 5.69 Å². The maximum Gasteiger partial charge on any atom is 0.319 e. The zero-order valence-electron chi connectivity index (χ0n) is 20.1. The third-order valence-electron chi connectivity index (χ3n) is 5.62. The molecule has 0 fully saturated rings. The van der Waals surface area contributed by atoms with Crippen molar-refractivity contribution in [3.05, 3.63) is 69.2 Å². The van der Waals surface area contributed by atoms with E-state index in [0.29, 0.717) is 23.6 Å². The van der Waals surface area contributed by atoms with E-state index >= 15 is 0 Å². The lowest BCUT2D eigenvalue weighted by atomic mass is 9.78. The number of hydrogen-bond acceptors (Lipinski definition) is 7. The van der Waals surface area contributed by atoms with Crippen molar-refractivity contribution in [1.29, 1.82) is 5.26 Å². The Labute approximate surface area is 219 Å². The number of allylic oxidation sites excluding steroid dienone is 1. The standard InChI is InChI=1S/C26H26ClN3O5S/c1-4-15-8-6-7-9-19(15)29-21(31)14-36-25-17(13-28)22(23(24(32)30-25)26(33)34-3)16-10-11-20(35-5-2)18(27)12-16/h6-12,22-23H,4-5,14H2,1-3H3,(H,29,31)(H,30,32)/t22-,23-/m1/s1. The molecule has 0 spiro atoms. The minimum absolute atomic E-state index is 0.0571. The summed E-state index contributed by atoms with van der Waals surface area (Å²) in [4.78, 5) is 38.2. The molecule has 0 aromatic heterocycles. The smallest absolute Gasteiger partial charge is 0.319 e. The normalized spacial score (nSPS) is 17.1. The molecule has 2 atom stereocenters. The Morgan fingerprint density at radius 1 is 1.22 bits per heavy atom. The Bertz CT molecular complexity index is 1240. The number of carbonyl (C=O) groups excluding carboxylic acids is 3. The molecule has 8 nitrogen and oxygen atoms in total. The topological polar surface area (TPSA) is 118 Å². The zero-order chi connectivity index (χ0) is 26.2. The molecular weight excluding hydrogens is 502 g/mol. The number of ether oxygens (including phenoxy) is 2. The highest BCUT2D eigenvalue weighted by molar-refractivity contribution is 8.03. The molecule has 0 bridgehead atoms. The summed E-state index contributed by atoms with van der Waals surface area (Å²) in [7, 11) is 1.18. The van der Waals surface area contributed by atoms with E-state index in [9.17, 15) is 19.6 Å². The first kappa shape index (κ1) is 27.1. The van der Waals surface area contributed by atoms with Gasteiger partial charge in [0, 0.05) is 11.6 Å². The number of nitrogens with one attached hydrogen (secondary N) is 2. The van der Waals surface area contributed by atoms with Crippen LogP contribution in [-0.4, -0.2) is 37.3 Å². The van der Waals surface area contributed by atoms with E-state index < -0.39 is 23.7 Å². The highest BCUT2D eigenvalue weighted by Crippen LogP contribution is 2.42. The molecule has 1 heterocycles. The Hall–Kier alpha value is -3.48. The fourth-order valence-corrected chi connectivity index (χ4v) is 5.03. The molecule has 2 amide bonds. The lowest BCUT2D eigenvalue weighted by Gasteiger charge is -2.31. The molecule has 188 valence electrons. The van der Waals surface area contributed by atoms with E-state index in [0.717, 1.165) is 23.7 Å². The summed E-state index contributed by atoms with van der Waals surface area (Å²) in [6.07, 6.45) is 0.755. The van der Waals surface area contributed by atoms with Crippen LogP contribution in [-0.2, 0) is 25.5 Å². The van der Waals surface area contributed by atoms with Crippen molar-refractivity contribution < 1.29 is 23.9 Å². The van der Waals surface area contributed by atoms with E-state index in [-0.39, 0.29) is 27.3 Å². The SMILES string of the molecule is CCOc1ccc([C@@H]2C(C#N)=C(SCC(=O)Nc3ccccc3CC)NC(=O)[C@@H]2C(=O)OC)cc1Cl. The summed E-state index contributed by atoms with van der Waals surface area (Å²) >= 11 is 7.37. The minimum atomic E-state index is -1.30. The summed E-state index contributed by atoms with van der Waals surface area (Å²) in [5.41, 5.74) is 2.31. The Morgan fingerprint density at radius 3 is 2.61 bits per heavy atom. The van der Waals surface area contributed by atoms with Gasteiger partial charge in [-0.2, -0.15) is 5.26 Å². The van der Waals surface area contributed by atoms with Crippen LogP contribution < -0.4 is 15.4 Å². The van der Waals surface area contributed by atoms with Crippen LogP contribution >= 0.6 is 23.4 Å². The van der Waals surface area contributed by atoms with Crippen LogP contribution in [0.5, 0.6) is 5.75 Å². The second-order valence-electron chi connectivity index (χ2n) is 7.79. The maximum absolute atomic E-state index is 13.0. The summed E-state index contributed by atoms with van der Waals surface area (Å²) in [6.45, 7) is 4.22. The molecule has 2 N–H and O–H groups in total. The zero-order valence-corrected chi connectivity index (χ0v) is 21.7. The Balaban J connectivity index is 1.93. The number of methoxy groups -OCH3 is 1. The molecular formula is C26H26ClN3O5S. The van der Waals surface area contributed by atoms with Crippen molar-refractivity contribution in [3.63, 3.8) is 0 Å². The molecule has 1 aliphatic rings. The van der Waals surface area contributed by atoms with Crippen molar-refractivity contribution in [3.8, 4) is 11.8 Å². The van der Waals surface area contributed by atoms with E-state index in [1.165, 1.54) is 7.11 Å². The summed E-state index contributed by atoms with van der Waals surface area (Å²) in [6, 6.07) is 14.4. The first-order valence-corrected chi connectivity index (χ1v) is 12.7. The highest BCUT2D eigenvalue weighted by Gasteiger charge is 2.44.